The van der Waals surface area contributed by atoms with Crippen LogP contribution >= 0.6 is 11.3 Å². The van der Waals surface area contributed by atoms with Crippen LogP contribution in [0.15, 0.2) is 34.8 Å². The molecule has 8 heteroatoms. The molecule has 1 aromatic carbocycles. The van der Waals surface area contributed by atoms with Crippen molar-refractivity contribution in [2.45, 2.75) is 20.4 Å². The third-order valence-corrected chi connectivity index (χ3v) is 4.51. The zero-order chi connectivity index (χ0) is 18.8. The monoisotopic (exact) mass is 375 g/mol. The largest absolute Gasteiger partial charge is 0.497 e. The van der Waals surface area contributed by atoms with E-state index >= 15 is 0 Å². The van der Waals surface area contributed by atoms with Gasteiger partial charge in [0.15, 0.2) is 5.96 Å². The number of amides is 1. The van der Waals surface area contributed by atoms with Crippen molar-refractivity contribution < 1.29 is 9.53 Å². The maximum atomic E-state index is 12.0. The van der Waals surface area contributed by atoms with Crippen LogP contribution in [0.4, 0.5) is 0 Å². The van der Waals surface area contributed by atoms with Crippen molar-refractivity contribution in [3.8, 4) is 5.75 Å². The first kappa shape index (κ1) is 19.7. The molecule has 0 unspecified atom stereocenters. The highest BCUT2D eigenvalue weighted by molar-refractivity contribution is 7.11. The fraction of sp³-hybridized carbons (Fsp3) is 0.389. The van der Waals surface area contributed by atoms with Gasteiger partial charge in [0.05, 0.1) is 24.9 Å². The molecule has 1 amide bonds. The first-order valence-electron chi connectivity index (χ1n) is 8.47. The minimum Gasteiger partial charge on any atom is -0.497 e. The maximum Gasteiger partial charge on any atom is 0.263 e. The molecule has 1 aromatic heterocycles. The van der Waals surface area contributed by atoms with E-state index in [1.54, 1.807) is 12.6 Å². The minimum absolute atomic E-state index is 0.0908. The number of aryl methyl sites for hydroxylation is 1. The number of hydrogen-bond donors (Lipinski definition) is 3. The van der Waals surface area contributed by atoms with E-state index in [2.05, 4.69) is 25.9 Å². The van der Waals surface area contributed by atoms with E-state index < -0.39 is 0 Å². The third-order valence-electron chi connectivity index (χ3n) is 3.58. The van der Waals surface area contributed by atoms with Crippen LogP contribution in [-0.4, -0.2) is 43.6 Å². The van der Waals surface area contributed by atoms with E-state index in [0.29, 0.717) is 30.5 Å². The summed E-state index contributed by atoms with van der Waals surface area (Å²) in [5, 5.41) is 9.29. The zero-order valence-electron chi connectivity index (χ0n) is 15.3. The topological polar surface area (TPSA) is 87.6 Å². The Morgan fingerprint density at radius 1 is 1.19 bits per heavy atom. The molecule has 1 heterocycles. The van der Waals surface area contributed by atoms with Gasteiger partial charge in [-0.15, -0.1) is 11.3 Å². The first-order chi connectivity index (χ1) is 12.6. The zero-order valence-corrected chi connectivity index (χ0v) is 16.2. The lowest BCUT2D eigenvalue weighted by Gasteiger charge is -2.12. The molecule has 0 radical (unpaired) electrons. The summed E-state index contributed by atoms with van der Waals surface area (Å²) in [5.41, 5.74) is 3.53. The molecule has 0 aliphatic rings. The summed E-state index contributed by atoms with van der Waals surface area (Å²) in [7, 11) is 1.65. The highest BCUT2D eigenvalue weighted by atomic mass is 32.1. The van der Waals surface area contributed by atoms with E-state index in [4.69, 9.17) is 4.74 Å². The second-order valence-corrected chi connectivity index (χ2v) is 6.35. The Morgan fingerprint density at radius 2 is 1.92 bits per heavy atom. The van der Waals surface area contributed by atoms with Crippen LogP contribution < -0.4 is 20.7 Å². The summed E-state index contributed by atoms with van der Waals surface area (Å²) >= 11 is 1.35. The molecule has 0 aliphatic carbocycles. The van der Waals surface area contributed by atoms with Crippen molar-refractivity contribution >= 4 is 23.2 Å². The molecule has 0 atom stereocenters. The van der Waals surface area contributed by atoms with Gasteiger partial charge in [-0.1, -0.05) is 12.1 Å². The number of aliphatic imine (C=N–C) groups is 1. The number of carbonyl (C=O) groups excluding carboxylic acids is 1. The highest BCUT2D eigenvalue weighted by Crippen LogP contribution is 2.12. The van der Waals surface area contributed by atoms with Gasteiger partial charge in [0, 0.05) is 19.6 Å². The summed E-state index contributed by atoms with van der Waals surface area (Å²) in [5.74, 6) is 1.45. The van der Waals surface area contributed by atoms with Crippen LogP contribution in [0.5, 0.6) is 5.75 Å². The van der Waals surface area contributed by atoms with Gasteiger partial charge in [-0.25, -0.2) is 9.98 Å². The van der Waals surface area contributed by atoms with E-state index in [1.807, 2.05) is 38.1 Å². The smallest absolute Gasteiger partial charge is 0.263 e. The minimum atomic E-state index is -0.0908. The molecular weight excluding hydrogens is 350 g/mol. The van der Waals surface area contributed by atoms with E-state index in [9.17, 15) is 4.79 Å². The van der Waals surface area contributed by atoms with Crippen molar-refractivity contribution in [1.29, 1.82) is 0 Å². The SMILES string of the molecule is CCNC(=NCc1ccc(OC)cc1)NCCNC(=O)c1scnc1C. The second kappa shape index (κ2) is 10.4. The number of benzene rings is 1. The maximum absolute atomic E-state index is 12.0. The van der Waals surface area contributed by atoms with Crippen molar-refractivity contribution in [2.75, 3.05) is 26.7 Å². The lowest BCUT2D eigenvalue weighted by Crippen LogP contribution is -2.41. The van der Waals surface area contributed by atoms with Crippen molar-refractivity contribution in [3.05, 3.63) is 45.9 Å². The molecule has 3 N–H and O–H groups in total. The molecule has 0 aliphatic heterocycles. The Labute approximate surface area is 157 Å². The number of nitrogens with zero attached hydrogens (tertiary/aromatic N) is 2. The van der Waals surface area contributed by atoms with Crippen molar-refractivity contribution in [3.63, 3.8) is 0 Å². The molecule has 0 bridgehead atoms. The number of nitrogens with one attached hydrogen (secondary N) is 3. The summed E-state index contributed by atoms with van der Waals surface area (Å²) in [6.07, 6.45) is 0. The Kier molecular flexibility index (Phi) is 7.88. The number of ether oxygens (including phenoxy) is 1. The fourth-order valence-electron chi connectivity index (χ4n) is 2.20. The molecule has 2 aromatic rings. The quantitative estimate of drug-likeness (QED) is 0.373. The molecule has 0 saturated heterocycles. The van der Waals surface area contributed by atoms with E-state index in [1.165, 1.54) is 11.3 Å². The molecule has 7 nitrogen and oxygen atoms in total. The lowest BCUT2D eigenvalue weighted by atomic mass is 10.2. The van der Waals surface area contributed by atoms with Gasteiger partial charge in [-0.3, -0.25) is 4.79 Å². The van der Waals surface area contributed by atoms with Crippen LogP contribution in [0.1, 0.15) is 27.9 Å². The predicted molar refractivity (Wildman–Crippen MR) is 105 cm³/mol. The molecule has 26 heavy (non-hydrogen) atoms. The number of rotatable bonds is 8. The van der Waals surface area contributed by atoms with Crippen LogP contribution in [0.25, 0.3) is 0 Å². The Bertz CT molecular complexity index is 727. The van der Waals surface area contributed by atoms with Gasteiger partial charge in [-0.05, 0) is 31.5 Å². The number of methoxy groups -OCH3 is 1. The summed E-state index contributed by atoms with van der Waals surface area (Å²) in [6, 6.07) is 7.82. The number of hydrogen-bond acceptors (Lipinski definition) is 5. The normalized spacial score (nSPS) is 11.1. The summed E-state index contributed by atoms with van der Waals surface area (Å²) < 4.78 is 5.15. The van der Waals surface area contributed by atoms with Crippen LogP contribution in [0.2, 0.25) is 0 Å². The predicted octanol–water partition coefficient (Wildman–Crippen LogP) is 1.95. The average Bonchev–Trinajstić information content (AvgIpc) is 3.09. The standard InChI is InChI=1S/C18H25N5O2S/c1-4-19-18(22-11-14-5-7-15(25-3)8-6-14)21-10-9-20-17(24)16-13(2)23-12-26-16/h5-8,12H,4,9-11H2,1-3H3,(H,20,24)(H2,19,21,22). The molecule has 2 rings (SSSR count). The van der Waals surface area contributed by atoms with E-state index in [-0.39, 0.29) is 5.91 Å². The van der Waals surface area contributed by atoms with Crippen LogP contribution in [0.3, 0.4) is 0 Å². The van der Waals surface area contributed by atoms with Crippen molar-refractivity contribution in [2.24, 2.45) is 4.99 Å². The van der Waals surface area contributed by atoms with Crippen molar-refractivity contribution in [1.82, 2.24) is 20.9 Å². The molecule has 0 spiro atoms. The van der Waals surface area contributed by atoms with Gasteiger partial charge in [0.2, 0.25) is 0 Å². The van der Waals surface area contributed by atoms with Crippen LogP contribution in [-0.2, 0) is 6.54 Å². The van der Waals surface area contributed by atoms with Gasteiger partial charge >= 0.3 is 0 Å². The number of carbonyl (C=O) groups is 1. The van der Waals surface area contributed by atoms with Gasteiger partial charge in [0.1, 0.15) is 10.6 Å². The Hall–Kier alpha value is -2.61. The first-order valence-corrected chi connectivity index (χ1v) is 9.35. The highest BCUT2D eigenvalue weighted by Gasteiger charge is 2.10. The molecule has 0 saturated carbocycles. The lowest BCUT2D eigenvalue weighted by molar-refractivity contribution is 0.0957. The van der Waals surface area contributed by atoms with Gasteiger partial charge in [-0.2, -0.15) is 0 Å². The number of aromatic nitrogens is 1. The summed E-state index contributed by atoms with van der Waals surface area (Å²) in [4.78, 5) is 21.3. The average molecular weight is 375 g/mol. The molecule has 140 valence electrons. The van der Waals surface area contributed by atoms with Gasteiger partial charge < -0.3 is 20.7 Å². The third kappa shape index (κ3) is 6.03. The number of guanidine groups is 1. The second-order valence-electron chi connectivity index (χ2n) is 5.49. The number of thiazole rings is 1. The fourth-order valence-corrected chi connectivity index (χ4v) is 2.92. The van der Waals surface area contributed by atoms with Gasteiger partial charge in [0.25, 0.3) is 5.91 Å². The van der Waals surface area contributed by atoms with Crippen LogP contribution in [0, 0.1) is 6.92 Å². The summed E-state index contributed by atoms with van der Waals surface area (Å²) in [6.45, 7) is 6.26. The van der Waals surface area contributed by atoms with E-state index in [0.717, 1.165) is 23.6 Å². The Morgan fingerprint density at radius 3 is 2.54 bits per heavy atom. The Balaban J connectivity index is 1.79. The molecular formula is C18H25N5O2S. The molecule has 0 fully saturated rings.